The number of carbonyl (C=O) groups is 2. The molecule has 2 heterocycles. The molecule has 0 amide bonds. The first-order chi connectivity index (χ1) is 7.68. The third-order valence-corrected chi connectivity index (χ3v) is 4.48. The van der Waals surface area contributed by atoms with Crippen molar-refractivity contribution in [2.45, 2.75) is 43.2 Å². The molecule has 3 aliphatic rings. The van der Waals surface area contributed by atoms with Gasteiger partial charge in [0.1, 0.15) is 5.60 Å². The van der Waals surface area contributed by atoms with Gasteiger partial charge in [0.05, 0.1) is 0 Å². The number of hydrogen-bond acceptors (Lipinski definition) is 4. The Balaban J connectivity index is 2.23. The lowest BCUT2D eigenvalue weighted by Gasteiger charge is -2.24. The summed E-state index contributed by atoms with van der Waals surface area (Å²) in [6.45, 7) is 4.78. The number of carboxylic acid groups (broad SMARTS) is 2. The maximum Gasteiger partial charge on any atom is 0.343 e. The Morgan fingerprint density at radius 2 is 1.76 bits per heavy atom. The van der Waals surface area contributed by atoms with Gasteiger partial charge in [-0.1, -0.05) is 0 Å². The van der Waals surface area contributed by atoms with Crippen LogP contribution in [0, 0.1) is 0 Å². The molecule has 0 saturated carbocycles. The van der Waals surface area contributed by atoms with E-state index >= 15 is 0 Å². The van der Waals surface area contributed by atoms with Crippen LogP contribution in [-0.2, 0) is 19.1 Å². The molecular weight excluding hydrogens is 228 g/mol. The van der Waals surface area contributed by atoms with Crippen molar-refractivity contribution in [1.82, 2.24) is 0 Å². The van der Waals surface area contributed by atoms with E-state index in [9.17, 15) is 19.8 Å². The van der Waals surface area contributed by atoms with Gasteiger partial charge in [-0.2, -0.15) is 0 Å². The molecule has 92 valence electrons. The molecule has 3 rings (SSSR count). The molecule has 0 aromatic rings. The highest BCUT2D eigenvalue weighted by molar-refractivity contribution is 5.96. The van der Waals surface area contributed by atoms with Crippen molar-refractivity contribution in [2.24, 2.45) is 0 Å². The van der Waals surface area contributed by atoms with Crippen LogP contribution >= 0.6 is 0 Å². The molecule has 6 nitrogen and oxygen atoms in total. The molecule has 2 fully saturated rings. The lowest BCUT2D eigenvalue weighted by atomic mass is 9.69. The molecule has 0 aromatic carbocycles. The predicted octanol–water partition coefficient (Wildman–Crippen LogP) is 0.171. The van der Waals surface area contributed by atoms with Crippen molar-refractivity contribution in [3.63, 3.8) is 0 Å². The van der Waals surface area contributed by atoms with Gasteiger partial charge in [0.25, 0.3) is 0 Å². The minimum absolute atomic E-state index is 0.581. The summed E-state index contributed by atoms with van der Waals surface area (Å²) in [5, 5.41) is 18.6. The van der Waals surface area contributed by atoms with E-state index in [0.717, 1.165) is 0 Å². The molecule has 0 radical (unpaired) electrons. The SMILES string of the molecule is CC1=CC2(C(=O)O)OC2(C)C2(C(=O)O)OC12C. The van der Waals surface area contributed by atoms with Crippen molar-refractivity contribution in [1.29, 1.82) is 0 Å². The molecule has 0 spiro atoms. The number of hydrogen-bond donors (Lipinski definition) is 2. The van der Waals surface area contributed by atoms with Gasteiger partial charge in [-0.3, -0.25) is 0 Å². The normalized spacial score (nSPS) is 54.2. The lowest BCUT2D eigenvalue weighted by Crippen LogP contribution is -2.53. The monoisotopic (exact) mass is 240 g/mol. The van der Waals surface area contributed by atoms with Gasteiger partial charge >= 0.3 is 11.9 Å². The van der Waals surface area contributed by atoms with Gasteiger partial charge in [-0.25, -0.2) is 9.59 Å². The van der Waals surface area contributed by atoms with Gasteiger partial charge < -0.3 is 19.7 Å². The number of fused-ring (bicyclic) bond motifs is 3. The second-order valence-corrected chi connectivity index (χ2v) is 5.13. The molecule has 2 aliphatic heterocycles. The molecule has 17 heavy (non-hydrogen) atoms. The van der Waals surface area contributed by atoms with E-state index in [2.05, 4.69) is 0 Å². The zero-order valence-electron chi connectivity index (χ0n) is 9.60. The van der Waals surface area contributed by atoms with Crippen molar-refractivity contribution >= 4 is 11.9 Å². The van der Waals surface area contributed by atoms with Crippen LogP contribution in [0.4, 0.5) is 0 Å². The zero-order chi connectivity index (χ0) is 12.9. The summed E-state index contributed by atoms with van der Waals surface area (Å²) in [5.74, 6) is -2.37. The lowest BCUT2D eigenvalue weighted by molar-refractivity contribution is -0.146. The molecule has 2 N–H and O–H groups in total. The summed E-state index contributed by atoms with van der Waals surface area (Å²) >= 11 is 0. The fourth-order valence-electron chi connectivity index (χ4n) is 3.19. The smallest absolute Gasteiger partial charge is 0.343 e. The zero-order valence-corrected chi connectivity index (χ0v) is 9.60. The van der Waals surface area contributed by atoms with Crippen LogP contribution in [0.1, 0.15) is 20.8 Å². The molecule has 2 saturated heterocycles. The molecule has 6 heteroatoms. The predicted molar refractivity (Wildman–Crippen MR) is 53.5 cm³/mol. The number of aliphatic carboxylic acids is 2. The highest BCUT2D eigenvalue weighted by Crippen LogP contribution is 2.73. The van der Waals surface area contributed by atoms with Gasteiger partial charge in [-0.15, -0.1) is 0 Å². The van der Waals surface area contributed by atoms with Crippen LogP contribution in [-0.4, -0.2) is 44.6 Å². The van der Waals surface area contributed by atoms with Crippen LogP contribution in [0.3, 0.4) is 0 Å². The second-order valence-electron chi connectivity index (χ2n) is 5.13. The Kier molecular flexibility index (Phi) is 1.42. The molecular formula is C11H12O6. The van der Waals surface area contributed by atoms with Crippen molar-refractivity contribution < 1.29 is 29.3 Å². The Bertz CT molecular complexity index is 510. The minimum atomic E-state index is -1.59. The molecule has 4 atom stereocenters. The summed E-state index contributed by atoms with van der Waals surface area (Å²) in [5.41, 5.74) is -4.88. The van der Waals surface area contributed by atoms with Crippen LogP contribution in [0.25, 0.3) is 0 Å². The van der Waals surface area contributed by atoms with E-state index in [0.29, 0.717) is 5.57 Å². The second kappa shape index (κ2) is 2.26. The first-order valence-electron chi connectivity index (χ1n) is 5.25. The van der Waals surface area contributed by atoms with Crippen molar-refractivity contribution in [2.75, 3.05) is 0 Å². The summed E-state index contributed by atoms with van der Waals surface area (Å²) in [7, 11) is 0. The maximum atomic E-state index is 11.5. The maximum absolute atomic E-state index is 11.5. The van der Waals surface area contributed by atoms with Gasteiger partial charge in [0.15, 0.2) is 5.60 Å². The van der Waals surface area contributed by atoms with Gasteiger partial charge in [0.2, 0.25) is 11.2 Å². The number of epoxide rings is 2. The summed E-state index contributed by atoms with van der Waals surface area (Å²) in [6, 6.07) is 0. The molecule has 0 bridgehead atoms. The standard InChI is InChI=1S/C11H12O6/c1-5-4-10(6(12)13)9(3,17-10)11(7(14)15)8(5,2)16-11/h4H,1-3H3,(H,12,13)(H,14,15). The van der Waals surface area contributed by atoms with Crippen LogP contribution in [0.15, 0.2) is 11.6 Å². The van der Waals surface area contributed by atoms with Gasteiger partial charge in [0, 0.05) is 0 Å². The van der Waals surface area contributed by atoms with Crippen LogP contribution < -0.4 is 0 Å². The van der Waals surface area contributed by atoms with E-state index < -0.39 is 34.3 Å². The molecule has 0 aromatic heterocycles. The summed E-state index contributed by atoms with van der Waals surface area (Å²) in [4.78, 5) is 22.7. The summed E-state index contributed by atoms with van der Waals surface area (Å²) < 4.78 is 10.7. The van der Waals surface area contributed by atoms with Crippen molar-refractivity contribution in [3.8, 4) is 0 Å². The first kappa shape index (κ1) is 10.7. The first-order valence-corrected chi connectivity index (χ1v) is 5.25. The van der Waals surface area contributed by atoms with Crippen LogP contribution in [0.2, 0.25) is 0 Å². The van der Waals surface area contributed by atoms with Crippen molar-refractivity contribution in [3.05, 3.63) is 11.6 Å². The largest absolute Gasteiger partial charge is 0.479 e. The number of rotatable bonds is 2. The average molecular weight is 240 g/mol. The highest BCUT2D eigenvalue weighted by atomic mass is 16.7. The Hall–Kier alpha value is -1.40. The number of ether oxygens (including phenoxy) is 2. The quantitative estimate of drug-likeness (QED) is 0.527. The van der Waals surface area contributed by atoms with E-state index in [1.165, 1.54) is 13.0 Å². The fraction of sp³-hybridized carbons (Fsp3) is 0.636. The average Bonchev–Trinajstić information content (AvgIpc) is 3.01. The Morgan fingerprint density at radius 3 is 2.24 bits per heavy atom. The third kappa shape index (κ3) is 0.724. The van der Waals surface area contributed by atoms with Crippen LogP contribution in [0.5, 0.6) is 0 Å². The minimum Gasteiger partial charge on any atom is -0.479 e. The van der Waals surface area contributed by atoms with E-state index in [1.807, 2.05) is 0 Å². The van der Waals surface area contributed by atoms with Gasteiger partial charge in [-0.05, 0) is 32.4 Å². The topological polar surface area (TPSA) is 99.7 Å². The van der Waals surface area contributed by atoms with E-state index in [4.69, 9.17) is 9.47 Å². The number of carboxylic acids is 2. The Labute approximate surface area is 96.8 Å². The van der Waals surface area contributed by atoms with E-state index in [1.54, 1.807) is 13.8 Å². The molecule has 1 aliphatic carbocycles. The highest BCUT2D eigenvalue weighted by Gasteiger charge is 2.96. The third-order valence-electron chi connectivity index (χ3n) is 4.48. The molecule has 4 unspecified atom stereocenters. The van der Waals surface area contributed by atoms with E-state index in [-0.39, 0.29) is 0 Å². The Morgan fingerprint density at radius 1 is 1.18 bits per heavy atom. The fourth-order valence-corrected chi connectivity index (χ4v) is 3.19. The summed E-state index contributed by atoms with van der Waals surface area (Å²) in [6.07, 6.45) is 1.46.